The summed E-state index contributed by atoms with van der Waals surface area (Å²) < 4.78 is 2.22. The van der Waals surface area contributed by atoms with Gasteiger partial charge in [-0.1, -0.05) is 30.3 Å². The van der Waals surface area contributed by atoms with Gasteiger partial charge in [-0.3, -0.25) is 0 Å². The molecule has 0 saturated carbocycles. The van der Waals surface area contributed by atoms with E-state index in [9.17, 15) is 0 Å². The second-order valence-electron chi connectivity index (χ2n) is 5.17. The fourth-order valence-corrected chi connectivity index (χ4v) is 2.72. The van der Waals surface area contributed by atoms with Crippen molar-refractivity contribution < 1.29 is 0 Å². The lowest BCUT2D eigenvalue weighted by Gasteiger charge is -2.10. The number of aryl methyl sites for hydroxylation is 2. The quantitative estimate of drug-likeness (QED) is 0.650. The molecule has 0 saturated heterocycles. The van der Waals surface area contributed by atoms with Crippen LogP contribution >= 0.6 is 11.6 Å². The molecule has 1 aromatic heterocycles. The van der Waals surface area contributed by atoms with Crippen LogP contribution in [-0.4, -0.2) is 9.55 Å². The molecule has 0 unspecified atom stereocenters. The summed E-state index contributed by atoms with van der Waals surface area (Å²) in [5.74, 6) is 1.36. The predicted molar refractivity (Wildman–Crippen MR) is 84.3 cm³/mol. The number of aromatic nitrogens is 2. The molecule has 0 bridgehead atoms. The van der Waals surface area contributed by atoms with Crippen molar-refractivity contribution in [2.75, 3.05) is 0 Å². The molecule has 2 nitrogen and oxygen atoms in total. The number of hydrogen-bond donors (Lipinski definition) is 0. The second kappa shape index (κ2) is 5.29. The van der Waals surface area contributed by atoms with E-state index in [1.54, 1.807) is 0 Å². The van der Waals surface area contributed by atoms with Crippen molar-refractivity contribution in [3.8, 4) is 0 Å². The Morgan fingerprint density at radius 1 is 1.10 bits per heavy atom. The lowest BCUT2D eigenvalue weighted by atomic mass is 10.1. The molecule has 3 rings (SSSR count). The number of hydrogen-bond acceptors (Lipinski definition) is 1. The standard InChI is InChI=1S/C17H17ClN2/c1-12-7-8-15-16(9-12)20(17(10-18)19-15)11-14-6-4-3-5-13(14)2/h3-9H,10-11H2,1-2H3. The Labute approximate surface area is 124 Å². The number of rotatable bonds is 3. The first kappa shape index (κ1) is 13.2. The number of benzene rings is 2. The summed E-state index contributed by atoms with van der Waals surface area (Å²) in [6.45, 7) is 5.06. The van der Waals surface area contributed by atoms with Crippen LogP contribution in [0.5, 0.6) is 0 Å². The summed E-state index contributed by atoms with van der Waals surface area (Å²) in [6.07, 6.45) is 0. The molecule has 0 fully saturated rings. The van der Waals surface area contributed by atoms with Crippen LogP contribution in [-0.2, 0) is 12.4 Å². The Kier molecular flexibility index (Phi) is 3.49. The maximum absolute atomic E-state index is 6.07. The first-order valence-electron chi connectivity index (χ1n) is 6.75. The Hall–Kier alpha value is -1.80. The molecule has 3 heteroatoms. The summed E-state index contributed by atoms with van der Waals surface area (Å²) in [4.78, 5) is 4.63. The van der Waals surface area contributed by atoms with Gasteiger partial charge in [-0.25, -0.2) is 4.98 Å². The molecular weight excluding hydrogens is 268 g/mol. The SMILES string of the molecule is Cc1ccc2nc(CCl)n(Cc3ccccc3C)c2c1. The third kappa shape index (κ3) is 2.32. The summed E-state index contributed by atoms with van der Waals surface area (Å²) >= 11 is 6.07. The number of alkyl halides is 1. The molecular formula is C17H17ClN2. The van der Waals surface area contributed by atoms with E-state index in [1.165, 1.54) is 16.7 Å². The molecule has 3 aromatic rings. The minimum atomic E-state index is 0.430. The van der Waals surface area contributed by atoms with Crippen molar-refractivity contribution in [2.24, 2.45) is 0 Å². The Morgan fingerprint density at radius 2 is 1.90 bits per heavy atom. The van der Waals surface area contributed by atoms with Gasteiger partial charge in [0.15, 0.2) is 0 Å². The van der Waals surface area contributed by atoms with Gasteiger partial charge in [-0.15, -0.1) is 11.6 Å². The average molecular weight is 285 g/mol. The first-order valence-corrected chi connectivity index (χ1v) is 7.28. The number of halogens is 1. The number of nitrogens with zero attached hydrogens (tertiary/aromatic N) is 2. The second-order valence-corrected chi connectivity index (χ2v) is 5.43. The molecule has 0 aliphatic rings. The monoisotopic (exact) mass is 284 g/mol. The van der Waals surface area contributed by atoms with Gasteiger partial charge in [0.1, 0.15) is 5.82 Å². The van der Waals surface area contributed by atoms with Crippen molar-refractivity contribution in [3.63, 3.8) is 0 Å². The zero-order valence-corrected chi connectivity index (χ0v) is 12.5. The Balaban J connectivity index is 2.14. The molecule has 0 amide bonds. The van der Waals surface area contributed by atoms with Gasteiger partial charge in [0.25, 0.3) is 0 Å². The Bertz CT molecular complexity index is 759. The van der Waals surface area contributed by atoms with Crippen LogP contribution in [0.25, 0.3) is 11.0 Å². The molecule has 102 valence electrons. The van der Waals surface area contributed by atoms with Crippen LogP contribution in [0, 0.1) is 13.8 Å². The summed E-state index contributed by atoms with van der Waals surface area (Å²) in [5, 5.41) is 0. The molecule has 1 heterocycles. The Morgan fingerprint density at radius 3 is 2.65 bits per heavy atom. The van der Waals surface area contributed by atoms with Crippen molar-refractivity contribution in [2.45, 2.75) is 26.3 Å². The van der Waals surface area contributed by atoms with E-state index in [0.717, 1.165) is 23.4 Å². The summed E-state index contributed by atoms with van der Waals surface area (Å²) in [6, 6.07) is 14.8. The maximum atomic E-state index is 6.07. The van der Waals surface area contributed by atoms with Crippen molar-refractivity contribution >= 4 is 22.6 Å². The van der Waals surface area contributed by atoms with Crippen LogP contribution in [0.1, 0.15) is 22.5 Å². The van der Waals surface area contributed by atoms with E-state index in [0.29, 0.717) is 5.88 Å². The smallest absolute Gasteiger partial charge is 0.125 e. The van der Waals surface area contributed by atoms with E-state index in [1.807, 2.05) is 0 Å². The van der Waals surface area contributed by atoms with E-state index in [2.05, 4.69) is 65.9 Å². The highest BCUT2D eigenvalue weighted by atomic mass is 35.5. The van der Waals surface area contributed by atoms with Gasteiger partial charge in [0.2, 0.25) is 0 Å². The number of fused-ring (bicyclic) bond motifs is 1. The van der Waals surface area contributed by atoms with E-state index in [-0.39, 0.29) is 0 Å². The summed E-state index contributed by atoms with van der Waals surface area (Å²) in [5.41, 5.74) is 6.01. The van der Waals surface area contributed by atoms with Gasteiger partial charge < -0.3 is 4.57 Å². The highest BCUT2D eigenvalue weighted by Crippen LogP contribution is 2.21. The zero-order valence-electron chi connectivity index (χ0n) is 11.7. The normalized spacial score (nSPS) is 11.2. The fourth-order valence-electron chi connectivity index (χ4n) is 2.52. The van der Waals surface area contributed by atoms with Crippen LogP contribution < -0.4 is 0 Å². The lowest BCUT2D eigenvalue weighted by molar-refractivity contribution is 0.774. The highest BCUT2D eigenvalue weighted by molar-refractivity contribution is 6.16. The van der Waals surface area contributed by atoms with Gasteiger partial charge in [-0.2, -0.15) is 0 Å². The molecule has 0 aliphatic heterocycles. The fraction of sp³-hybridized carbons (Fsp3) is 0.235. The van der Waals surface area contributed by atoms with Gasteiger partial charge in [0, 0.05) is 6.54 Å². The van der Waals surface area contributed by atoms with Crippen molar-refractivity contribution in [1.29, 1.82) is 0 Å². The molecule has 0 radical (unpaired) electrons. The minimum Gasteiger partial charge on any atom is -0.322 e. The van der Waals surface area contributed by atoms with Gasteiger partial charge in [-0.05, 0) is 42.7 Å². The molecule has 0 aliphatic carbocycles. The van der Waals surface area contributed by atoms with Crippen molar-refractivity contribution in [3.05, 3.63) is 65.0 Å². The molecule has 0 spiro atoms. The largest absolute Gasteiger partial charge is 0.322 e. The maximum Gasteiger partial charge on any atom is 0.125 e. The van der Waals surface area contributed by atoms with Crippen LogP contribution in [0.15, 0.2) is 42.5 Å². The lowest BCUT2D eigenvalue weighted by Crippen LogP contribution is -2.05. The molecule has 0 N–H and O–H groups in total. The third-order valence-electron chi connectivity index (χ3n) is 3.69. The third-order valence-corrected chi connectivity index (χ3v) is 3.93. The highest BCUT2D eigenvalue weighted by Gasteiger charge is 2.11. The zero-order chi connectivity index (χ0) is 14.1. The molecule has 0 atom stereocenters. The minimum absolute atomic E-state index is 0.430. The molecule has 2 aromatic carbocycles. The van der Waals surface area contributed by atoms with Crippen LogP contribution in [0.2, 0.25) is 0 Å². The first-order chi connectivity index (χ1) is 9.69. The van der Waals surface area contributed by atoms with Gasteiger partial charge in [0.05, 0.1) is 16.9 Å². The average Bonchev–Trinajstić information content (AvgIpc) is 2.79. The topological polar surface area (TPSA) is 17.8 Å². The van der Waals surface area contributed by atoms with E-state index < -0.39 is 0 Å². The predicted octanol–water partition coefficient (Wildman–Crippen LogP) is 4.44. The summed E-state index contributed by atoms with van der Waals surface area (Å²) in [7, 11) is 0. The van der Waals surface area contributed by atoms with E-state index in [4.69, 9.17) is 11.6 Å². The van der Waals surface area contributed by atoms with Gasteiger partial charge >= 0.3 is 0 Å². The van der Waals surface area contributed by atoms with E-state index >= 15 is 0 Å². The van der Waals surface area contributed by atoms with Crippen molar-refractivity contribution in [1.82, 2.24) is 9.55 Å². The molecule has 20 heavy (non-hydrogen) atoms. The van der Waals surface area contributed by atoms with Crippen LogP contribution in [0.3, 0.4) is 0 Å². The van der Waals surface area contributed by atoms with Crippen LogP contribution in [0.4, 0.5) is 0 Å². The number of imidazole rings is 1.